The van der Waals surface area contributed by atoms with Crippen molar-refractivity contribution in [2.24, 2.45) is 0 Å². The van der Waals surface area contributed by atoms with Crippen LogP contribution in [0, 0.1) is 0 Å². The second kappa shape index (κ2) is 5.98. The van der Waals surface area contributed by atoms with Crippen molar-refractivity contribution in [3.8, 4) is 0 Å². The van der Waals surface area contributed by atoms with Crippen LogP contribution in [-0.4, -0.2) is 64.4 Å². The van der Waals surface area contributed by atoms with Gasteiger partial charge in [0.2, 0.25) is 5.91 Å². The minimum atomic E-state index is -3.28. The molecule has 9 heteroatoms. The van der Waals surface area contributed by atoms with Gasteiger partial charge in [-0.3, -0.25) is 4.79 Å². The summed E-state index contributed by atoms with van der Waals surface area (Å²) in [5, 5.41) is 5.53. The Bertz CT molecular complexity index is 566. The van der Waals surface area contributed by atoms with Crippen molar-refractivity contribution in [1.29, 1.82) is 0 Å². The van der Waals surface area contributed by atoms with E-state index in [2.05, 4.69) is 10.6 Å². The molecule has 1 fully saturated rings. The quantitative estimate of drug-likeness (QED) is 0.650. The van der Waals surface area contributed by atoms with Crippen molar-refractivity contribution >= 4 is 25.6 Å². The maximum absolute atomic E-state index is 11.8. The smallest absolute Gasteiger partial charge is 0.221 e. The fourth-order valence-electron chi connectivity index (χ4n) is 1.74. The first-order valence-corrected chi connectivity index (χ1v) is 10.0. The van der Waals surface area contributed by atoms with E-state index in [0.717, 1.165) is 6.26 Å². The van der Waals surface area contributed by atoms with Crippen molar-refractivity contribution in [1.82, 2.24) is 10.6 Å². The van der Waals surface area contributed by atoms with E-state index in [1.807, 2.05) is 0 Å². The van der Waals surface area contributed by atoms with E-state index < -0.39 is 30.5 Å². The molecular weight excluding hydrogens is 304 g/mol. The summed E-state index contributed by atoms with van der Waals surface area (Å²) in [6.07, 6.45) is 1.15. The minimum Gasteiger partial charge on any atom is -0.354 e. The Labute approximate surface area is 120 Å². The van der Waals surface area contributed by atoms with Crippen LogP contribution >= 0.6 is 0 Å². The molecule has 1 aliphatic rings. The average Bonchev–Trinajstić information content (AvgIpc) is 2.23. The summed E-state index contributed by atoms with van der Waals surface area (Å²) in [6, 6.07) is -0.407. The standard InChI is InChI=1S/C11H22N2O5S2/c1-11(2,19(3,15)16)8-13-10(14)6-9-7-20(17,18)5-4-12-9/h9,12H,4-8H2,1-3H3,(H,13,14). The van der Waals surface area contributed by atoms with Crippen LogP contribution in [0.15, 0.2) is 0 Å². The van der Waals surface area contributed by atoms with Gasteiger partial charge in [-0.05, 0) is 13.8 Å². The third kappa shape index (κ3) is 5.02. The summed E-state index contributed by atoms with van der Waals surface area (Å²) in [5.41, 5.74) is 0. The maximum atomic E-state index is 11.8. The van der Waals surface area contributed by atoms with Crippen LogP contribution in [0.1, 0.15) is 20.3 Å². The molecule has 0 aromatic heterocycles. The van der Waals surface area contributed by atoms with Gasteiger partial charge in [-0.25, -0.2) is 16.8 Å². The normalized spacial score (nSPS) is 23.2. The highest BCUT2D eigenvalue weighted by Gasteiger charge is 2.31. The van der Waals surface area contributed by atoms with E-state index >= 15 is 0 Å². The first-order chi connectivity index (χ1) is 8.93. The monoisotopic (exact) mass is 326 g/mol. The van der Waals surface area contributed by atoms with Crippen LogP contribution in [0.4, 0.5) is 0 Å². The fourth-order valence-corrected chi connectivity index (χ4v) is 3.52. The van der Waals surface area contributed by atoms with Gasteiger partial charge in [0.15, 0.2) is 19.7 Å². The molecule has 0 radical (unpaired) electrons. The zero-order valence-corrected chi connectivity index (χ0v) is 13.6. The van der Waals surface area contributed by atoms with E-state index in [4.69, 9.17) is 0 Å². The Balaban J connectivity index is 2.49. The first-order valence-electron chi connectivity index (χ1n) is 6.33. The lowest BCUT2D eigenvalue weighted by Crippen LogP contribution is -2.49. The molecule has 0 aromatic rings. The highest BCUT2D eigenvalue weighted by Crippen LogP contribution is 2.13. The molecule has 0 spiro atoms. The number of carbonyl (C=O) groups excluding carboxylic acids is 1. The molecule has 0 saturated carbocycles. The number of amides is 1. The Morgan fingerprint density at radius 2 is 2.00 bits per heavy atom. The zero-order valence-electron chi connectivity index (χ0n) is 12.0. The van der Waals surface area contributed by atoms with Gasteiger partial charge in [0.1, 0.15) is 0 Å². The lowest BCUT2D eigenvalue weighted by Gasteiger charge is -2.25. The largest absolute Gasteiger partial charge is 0.354 e. The molecule has 1 unspecified atom stereocenters. The number of sulfone groups is 2. The average molecular weight is 326 g/mol. The zero-order chi connectivity index (χ0) is 15.6. The van der Waals surface area contributed by atoms with Crippen molar-refractivity contribution < 1.29 is 21.6 Å². The van der Waals surface area contributed by atoms with Crippen LogP contribution in [-0.2, 0) is 24.5 Å². The minimum absolute atomic E-state index is 0.00410. The summed E-state index contributed by atoms with van der Waals surface area (Å²) < 4.78 is 44.8. The Hall–Kier alpha value is -0.670. The van der Waals surface area contributed by atoms with Crippen LogP contribution in [0.3, 0.4) is 0 Å². The number of carbonyl (C=O) groups is 1. The summed E-state index contributed by atoms with van der Waals surface area (Å²) in [5.74, 6) is -0.321. The topological polar surface area (TPSA) is 109 Å². The van der Waals surface area contributed by atoms with E-state index in [0.29, 0.717) is 6.54 Å². The number of nitrogens with one attached hydrogen (secondary N) is 2. The van der Waals surface area contributed by atoms with Gasteiger partial charge in [0, 0.05) is 31.8 Å². The van der Waals surface area contributed by atoms with Gasteiger partial charge in [-0.15, -0.1) is 0 Å². The predicted octanol–water partition coefficient (Wildman–Crippen LogP) is -1.30. The molecule has 1 aliphatic heterocycles. The van der Waals surface area contributed by atoms with E-state index in [1.165, 1.54) is 13.8 Å². The lowest BCUT2D eigenvalue weighted by molar-refractivity contribution is -0.121. The molecule has 1 atom stereocenters. The van der Waals surface area contributed by atoms with Gasteiger partial charge >= 0.3 is 0 Å². The van der Waals surface area contributed by atoms with Gasteiger partial charge in [0.05, 0.1) is 16.3 Å². The Kier molecular flexibility index (Phi) is 5.20. The molecule has 0 bridgehead atoms. The molecule has 1 saturated heterocycles. The SMILES string of the molecule is CC(C)(CNC(=O)CC1CS(=O)(=O)CCN1)S(C)(=O)=O. The highest BCUT2D eigenvalue weighted by atomic mass is 32.2. The number of hydrogen-bond acceptors (Lipinski definition) is 6. The molecule has 1 rings (SSSR count). The molecular formula is C11H22N2O5S2. The van der Waals surface area contributed by atoms with Crippen LogP contribution in [0.25, 0.3) is 0 Å². The molecule has 118 valence electrons. The third-order valence-electron chi connectivity index (χ3n) is 3.45. The number of hydrogen-bond donors (Lipinski definition) is 2. The molecule has 1 heterocycles. The summed E-state index contributed by atoms with van der Waals surface area (Å²) in [7, 11) is -6.36. The van der Waals surface area contributed by atoms with E-state index in [9.17, 15) is 21.6 Å². The second-order valence-electron chi connectivity index (χ2n) is 5.78. The van der Waals surface area contributed by atoms with Crippen molar-refractivity contribution in [2.75, 3.05) is 30.9 Å². The summed E-state index contributed by atoms with van der Waals surface area (Å²) in [6.45, 7) is 3.41. The molecule has 0 aliphatic carbocycles. The molecule has 0 aromatic carbocycles. The number of rotatable bonds is 5. The fraction of sp³-hybridized carbons (Fsp3) is 0.909. The Morgan fingerprint density at radius 1 is 1.40 bits per heavy atom. The second-order valence-corrected chi connectivity index (χ2v) is 10.7. The molecule has 1 amide bonds. The van der Waals surface area contributed by atoms with Crippen molar-refractivity contribution in [2.45, 2.75) is 31.1 Å². The van der Waals surface area contributed by atoms with E-state index in [1.54, 1.807) is 0 Å². The highest BCUT2D eigenvalue weighted by molar-refractivity contribution is 7.92. The van der Waals surface area contributed by atoms with Gasteiger partial charge in [-0.1, -0.05) is 0 Å². The van der Waals surface area contributed by atoms with Gasteiger partial charge in [0.25, 0.3) is 0 Å². The molecule has 7 nitrogen and oxygen atoms in total. The van der Waals surface area contributed by atoms with Gasteiger partial charge < -0.3 is 10.6 Å². The Morgan fingerprint density at radius 3 is 2.50 bits per heavy atom. The summed E-state index contributed by atoms with van der Waals surface area (Å²) >= 11 is 0. The lowest BCUT2D eigenvalue weighted by atomic mass is 10.2. The maximum Gasteiger partial charge on any atom is 0.221 e. The summed E-state index contributed by atoms with van der Waals surface area (Å²) in [4.78, 5) is 11.8. The predicted molar refractivity (Wildman–Crippen MR) is 77.0 cm³/mol. The van der Waals surface area contributed by atoms with Crippen molar-refractivity contribution in [3.63, 3.8) is 0 Å². The van der Waals surface area contributed by atoms with Crippen LogP contribution in [0.2, 0.25) is 0 Å². The first kappa shape index (κ1) is 17.4. The third-order valence-corrected chi connectivity index (χ3v) is 7.34. The van der Waals surface area contributed by atoms with E-state index in [-0.39, 0.29) is 30.4 Å². The van der Waals surface area contributed by atoms with Crippen LogP contribution < -0.4 is 10.6 Å². The van der Waals surface area contributed by atoms with Crippen molar-refractivity contribution in [3.05, 3.63) is 0 Å². The molecule has 2 N–H and O–H groups in total. The van der Waals surface area contributed by atoms with Crippen LogP contribution in [0.5, 0.6) is 0 Å². The molecule has 20 heavy (non-hydrogen) atoms. The van der Waals surface area contributed by atoms with Gasteiger partial charge in [-0.2, -0.15) is 0 Å².